The number of aliphatic carboxylic acids is 1. The number of piperidine rings is 1. The van der Waals surface area contributed by atoms with E-state index in [2.05, 4.69) is 29.1 Å². The standard InChI is InChI=1S/C11H19N5O2S/c1-7-4-3-5-8(2)15(7)16-10(12)13-14-11(16)19-6-9(17)18/h7-8H,3-6H2,1-2H3,(H2,12,13)(H,17,18). The lowest BCUT2D eigenvalue weighted by Gasteiger charge is -2.41. The van der Waals surface area contributed by atoms with Gasteiger partial charge in [0.2, 0.25) is 11.1 Å². The van der Waals surface area contributed by atoms with Crippen molar-refractivity contribution in [3.8, 4) is 0 Å². The molecule has 0 bridgehead atoms. The summed E-state index contributed by atoms with van der Waals surface area (Å²) in [7, 11) is 0. The molecule has 0 aliphatic carbocycles. The lowest BCUT2D eigenvalue weighted by Crippen LogP contribution is -2.51. The minimum absolute atomic E-state index is 0.0469. The summed E-state index contributed by atoms with van der Waals surface area (Å²) in [6, 6.07) is 0.678. The van der Waals surface area contributed by atoms with Crippen LogP contribution in [0.1, 0.15) is 33.1 Å². The molecule has 3 N–H and O–H groups in total. The molecule has 2 atom stereocenters. The lowest BCUT2D eigenvalue weighted by atomic mass is 10.00. The number of nitrogen functional groups attached to an aromatic ring is 1. The number of carbonyl (C=O) groups is 1. The van der Waals surface area contributed by atoms with E-state index < -0.39 is 5.97 Å². The summed E-state index contributed by atoms with van der Waals surface area (Å²) >= 11 is 1.14. The summed E-state index contributed by atoms with van der Waals surface area (Å²) < 4.78 is 1.77. The van der Waals surface area contributed by atoms with Crippen molar-refractivity contribution in [1.82, 2.24) is 14.9 Å². The maximum Gasteiger partial charge on any atom is 0.313 e. The van der Waals surface area contributed by atoms with Crippen LogP contribution in [0.2, 0.25) is 0 Å². The molecular weight excluding hydrogens is 266 g/mol. The second-order valence-corrected chi connectivity index (χ2v) is 5.79. The number of aromatic nitrogens is 3. The number of nitrogens with zero attached hydrogens (tertiary/aromatic N) is 4. The zero-order valence-electron chi connectivity index (χ0n) is 11.1. The fourth-order valence-electron chi connectivity index (χ4n) is 2.51. The van der Waals surface area contributed by atoms with Crippen LogP contribution < -0.4 is 10.7 Å². The van der Waals surface area contributed by atoms with Gasteiger partial charge in [-0.25, -0.2) is 0 Å². The summed E-state index contributed by atoms with van der Waals surface area (Å²) in [5.41, 5.74) is 5.89. The Labute approximate surface area is 116 Å². The number of rotatable bonds is 4. The van der Waals surface area contributed by atoms with Crippen LogP contribution in [0.4, 0.5) is 5.95 Å². The van der Waals surface area contributed by atoms with Crippen LogP contribution >= 0.6 is 11.8 Å². The van der Waals surface area contributed by atoms with Crippen molar-refractivity contribution >= 4 is 23.7 Å². The van der Waals surface area contributed by atoms with Crippen LogP contribution in [-0.2, 0) is 4.79 Å². The molecule has 2 heterocycles. The highest BCUT2D eigenvalue weighted by Gasteiger charge is 2.29. The first-order valence-electron chi connectivity index (χ1n) is 6.34. The third-order valence-corrected chi connectivity index (χ3v) is 4.24. The highest BCUT2D eigenvalue weighted by molar-refractivity contribution is 7.99. The lowest BCUT2D eigenvalue weighted by molar-refractivity contribution is -0.133. The first kappa shape index (κ1) is 14.0. The van der Waals surface area contributed by atoms with E-state index in [0.29, 0.717) is 23.2 Å². The Balaban J connectivity index is 2.26. The molecule has 2 unspecified atom stereocenters. The van der Waals surface area contributed by atoms with Gasteiger partial charge >= 0.3 is 5.97 Å². The molecule has 1 saturated heterocycles. The second-order valence-electron chi connectivity index (χ2n) is 4.84. The summed E-state index contributed by atoms with van der Waals surface area (Å²) in [6.45, 7) is 4.28. The quantitative estimate of drug-likeness (QED) is 0.794. The topological polar surface area (TPSA) is 97.3 Å². The third kappa shape index (κ3) is 2.94. The molecule has 1 aliphatic rings. The van der Waals surface area contributed by atoms with Crippen molar-refractivity contribution in [3.05, 3.63) is 0 Å². The van der Waals surface area contributed by atoms with Crippen LogP contribution in [0.25, 0.3) is 0 Å². The molecule has 7 nitrogen and oxygen atoms in total. The van der Waals surface area contributed by atoms with Gasteiger partial charge in [-0.2, -0.15) is 4.68 Å². The van der Waals surface area contributed by atoms with Gasteiger partial charge in [-0.1, -0.05) is 11.8 Å². The first-order valence-corrected chi connectivity index (χ1v) is 7.33. The van der Waals surface area contributed by atoms with Crippen molar-refractivity contribution < 1.29 is 9.90 Å². The predicted molar refractivity (Wildman–Crippen MR) is 73.8 cm³/mol. The molecular formula is C11H19N5O2S. The van der Waals surface area contributed by atoms with E-state index in [1.807, 2.05) is 0 Å². The van der Waals surface area contributed by atoms with Gasteiger partial charge in [0.1, 0.15) is 0 Å². The van der Waals surface area contributed by atoms with E-state index in [0.717, 1.165) is 24.6 Å². The molecule has 1 fully saturated rings. The molecule has 19 heavy (non-hydrogen) atoms. The Morgan fingerprint density at radius 1 is 1.42 bits per heavy atom. The zero-order chi connectivity index (χ0) is 14.0. The van der Waals surface area contributed by atoms with E-state index in [1.54, 1.807) is 4.68 Å². The van der Waals surface area contributed by atoms with E-state index >= 15 is 0 Å². The number of thioether (sulfide) groups is 1. The first-order chi connectivity index (χ1) is 9.00. The van der Waals surface area contributed by atoms with Crippen molar-refractivity contribution in [3.63, 3.8) is 0 Å². The fraction of sp³-hybridized carbons (Fsp3) is 0.727. The molecule has 1 aliphatic heterocycles. The number of carboxylic acids is 1. The SMILES string of the molecule is CC1CCCC(C)N1n1c(N)nnc1SCC(=O)O. The summed E-state index contributed by atoms with van der Waals surface area (Å²) in [5, 5.41) is 19.3. The van der Waals surface area contributed by atoms with Gasteiger partial charge in [0.15, 0.2) is 0 Å². The van der Waals surface area contributed by atoms with Gasteiger partial charge in [-0.05, 0) is 33.1 Å². The number of carboxylic acid groups (broad SMARTS) is 1. The molecule has 8 heteroatoms. The summed E-state index contributed by atoms with van der Waals surface area (Å²) in [4.78, 5) is 10.7. The Kier molecular flexibility index (Phi) is 4.18. The Morgan fingerprint density at radius 2 is 2.05 bits per heavy atom. The number of hydrogen-bond donors (Lipinski definition) is 2. The molecule has 0 spiro atoms. The predicted octanol–water partition coefficient (Wildman–Crippen LogP) is 0.936. The molecule has 106 valence electrons. The largest absolute Gasteiger partial charge is 0.481 e. The number of hydrogen-bond acceptors (Lipinski definition) is 6. The monoisotopic (exact) mass is 285 g/mol. The maximum atomic E-state index is 10.7. The minimum atomic E-state index is -0.877. The van der Waals surface area contributed by atoms with Crippen LogP contribution in [0, 0.1) is 0 Å². The Morgan fingerprint density at radius 3 is 2.63 bits per heavy atom. The van der Waals surface area contributed by atoms with Crippen LogP contribution in [0.15, 0.2) is 5.16 Å². The summed E-state index contributed by atoms with van der Waals surface area (Å²) in [6.07, 6.45) is 3.37. The van der Waals surface area contributed by atoms with Gasteiger partial charge in [-0.15, -0.1) is 10.2 Å². The highest BCUT2D eigenvalue weighted by Crippen LogP contribution is 2.26. The van der Waals surface area contributed by atoms with E-state index in [4.69, 9.17) is 10.8 Å². The number of nitrogens with two attached hydrogens (primary N) is 1. The summed E-state index contributed by atoms with van der Waals surface area (Å²) in [5.74, 6) is -0.610. The molecule has 2 rings (SSSR count). The van der Waals surface area contributed by atoms with Gasteiger partial charge in [0, 0.05) is 12.1 Å². The van der Waals surface area contributed by atoms with E-state index in [9.17, 15) is 4.79 Å². The van der Waals surface area contributed by atoms with Gasteiger partial charge in [-0.3, -0.25) is 4.79 Å². The second kappa shape index (κ2) is 5.68. The van der Waals surface area contributed by atoms with Crippen molar-refractivity contribution in [1.29, 1.82) is 0 Å². The normalized spacial score (nSPS) is 23.6. The zero-order valence-corrected chi connectivity index (χ0v) is 11.9. The number of anilines is 1. The van der Waals surface area contributed by atoms with E-state index in [-0.39, 0.29) is 5.75 Å². The Bertz CT molecular complexity index is 454. The van der Waals surface area contributed by atoms with Crippen LogP contribution in [0.3, 0.4) is 0 Å². The smallest absolute Gasteiger partial charge is 0.313 e. The molecule has 0 saturated carbocycles. The maximum absolute atomic E-state index is 10.7. The average Bonchev–Trinajstić information content (AvgIpc) is 2.69. The molecule has 0 aromatic carbocycles. The van der Waals surface area contributed by atoms with Crippen LogP contribution in [0.5, 0.6) is 0 Å². The van der Waals surface area contributed by atoms with Gasteiger partial charge in [0.05, 0.1) is 5.75 Å². The third-order valence-electron chi connectivity index (χ3n) is 3.34. The van der Waals surface area contributed by atoms with Gasteiger partial charge in [0.25, 0.3) is 0 Å². The van der Waals surface area contributed by atoms with E-state index in [1.165, 1.54) is 6.42 Å². The molecule has 0 amide bonds. The molecule has 1 aromatic heterocycles. The minimum Gasteiger partial charge on any atom is -0.481 e. The van der Waals surface area contributed by atoms with Crippen molar-refractivity contribution in [2.24, 2.45) is 0 Å². The highest BCUT2D eigenvalue weighted by atomic mass is 32.2. The van der Waals surface area contributed by atoms with Gasteiger partial charge < -0.3 is 15.8 Å². The average molecular weight is 285 g/mol. The molecule has 1 aromatic rings. The Hall–Kier alpha value is -1.44. The van der Waals surface area contributed by atoms with Crippen molar-refractivity contribution in [2.45, 2.75) is 50.4 Å². The fourth-order valence-corrected chi connectivity index (χ4v) is 3.17. The molecule has 0 radical (unpaired) electrons. The van der Waals surface area contributed by atoms with Crippen molar-refractivity contribution in [2.75, 3.05) is 16.5 Å². The van der Waals surface area contributed by atoms with Crippen LogP contribution in [-0.4, -0.2) is 43.8 Å².